The van der Waals surface area contributed by atoms with Gasteiger partial charge in [0.15, 0.2) is 9.84 Å². The molecule has 0 aromatic heterocycles. The van der Waals surface area contributed by atoms with Crippen LogP contribution in [0.4, 0.5) is 5.69 Å². The average molecular weight is 360 g/mol. The zero-order valence-corrected chi connectivity index (χ0v) is 14.3. The van der Waals surface area contributed by atoms with Crippen molar-refractivity contribution >= 4 is 37.1 Å². The first-order valence-corrected chi connectivity index (χ1v) is 9.94. The topological polar surface area (TPSA) is 80.3 Å². The largest absolute Gasteiger partial charge is 0.279 e. The summed E-state index contributed by atoms with van der Waals surface area (Å²) in [6, 6.07) is 10.0. The van der Waals surface area contributed by atoms with Crippen LogP contribution in [-0.4, -0.2) is 23.1 Å². The van der Waals surface area contributed by atoms with Crippen LogP contribution in [0.2, 0.25) is 5.02 Å². The fourth-order valence-electron chi connectivity index (χ4n) is 1.78. The van der Waals surface area contributed by atoms with Crippen molar-refractivity contribution < 1.29 is 16.8 Å². The number of hydrogen-bond donors (Lipinski definition) is 1. The molecule has 0 radical (unpaired) electrons. The van der Waals surface area contributed by atoms with Crippen LogP contribution in [0.5, 0.6) is 0 Å². The zero-order chi connectivity index (χ0) is 16.5. The lowest BCUT2D eigenvalue weighted by Crippen LogP contribution is -2.14. The minimum atomic E-state index is -3.91. The number of anilines is 1. The molecule has 0 unspecified atom stereocenters. The van der Waals surface area contributed by atoms with Crippen molar-refractivity contribution in [3.05, 3.63) is 53.1 Å². The smallest absolute Gasteiger partial charge is 0.261 e. The number of rotatable bonds is 4. The van der Waals surface area contributed by atoms with Gasteiger partial charge in [-0.1, -0.05) is 23.7 Å². The SMILES string of the molecule is Cc1ccc(Cl)cc1NS(=O)(=O)c1cccc(S(C)(=O)=O)c1. The Morgan fingerprint density at radius 2 is 1.59 bits per heavy atom. The average Bonchev–Trinajstić information content (AvgIpc) is 2.42. The molecule has 0 saturated heterocycles. The van der Waals surface area contributed by atoms with E-state index >= 15 is 0 Å². The van der Waals surface area contributed by atoms with Crippen LogP contribution in [-0.2, 0) is 19.9 Å². The number of halogens is 1. The zero-order valence-electron chi connectivity index (χ0n) is 11.9. The summed E-state index contributed by atoms with van der Waals surface area (Å²) in [5.41, 5.74) is 1.05. The highest BCUT2D eigenvalue weighted by Gasteiger charge is 2.18. The molecule has 0 amide bonds. The fraction of sp³-hybridized carbons (Fsp3) is 0.143. The van der Waals surface area contributed by atoms with Crippen LogP contribution in [0, 0.1) is 6.92 Å². The Morgan fingerprint density at radius 1 is 0.955 bits per heavy atom. The predicted molar refractivity (Wildman–Crippen MR) is 86.5 cm³/mol. The van der Waals surface area contributed by atoms with Gasteiger partial charge in [0.05, 0.1) is 15.5 Å². The van der Waals surface area contributed by atoms with Crippen molar-refractivity contribution in [2.75, 3.05) is 11.0 Å². The minimum Gasteiger partial charge on any atom is -0.279 e. The molecule has 0 atom stereocenters. The summed E-state index contributed by atoms with van der Waals surface area (Å²) in [6.45, 7) is 1.74. The maximum atomic E-state index is 12.4. The van der Waals surface area contributed by atoms with E-state index in [4.69, 9.17) is 11.6 Å². The lowest BCUT2D eigenvalue weighted by atomic mass is 10.2. The monoisotopic (exact) mass is 359 g/mol. The van der Waals surface area contributed by atoms with Gasteiger partial charge in [0.2, 0.25) is 0 Å². The van der Waals surface area contributed by atoms with Crippen molar-refractivity contribution in [1.29, 1.82) is 0 Å². The van der Waals surface area contributed by atoms with Gasteiger partial charge in [-0.25, -0.2) is 16.8 Å². The molecule has 0 aliphatic heterocycles. The Kier molecular flexibility index (Phi) is 4.51. The summed E-state index contributed by atoms with van der Waals surface area (Å²) < 4.78 is 50.3. The molecule has 0 aliphatic rings. The number of hydrogen-bond acceptors (Lipinski definition) is 4. The summed E-state index contributed by atoms with van der Waals surface area (Å²) in [4.78, 5) is -0.187. The number of benzene rings is 2. The molecule has 2 aromatic rings. The highest BCUT2D eigenvalue weighted by atomic mass is 35.5. The number of nitrogens with one attached hydrogen (secondary N) is 1. The van der Waals surface area contributed by atoms with Gasteiger partial charge in [-0.2, -0.15) is 0 Å². The molecule has 2 rings (SSSR count). The van der Waals surface area contributed by atoms with Gasteiger partial charge < -0.3 is 0 Å². The molecule has 1 N–H and O–H groups in total. The molecule has 0 bridgehead atoms. The minimum absolute atomic E-state index is 0.0572. The first-order valence-electron chi connectivity index (χ1n) is 6.19. The van der Waals surface area contributed by atoms with Crippen molar-refractivity contribution in [1.82, 2.24) is 0 Å². The second-order valence-corrected chi connectivity index (χ2v) is 8.95. The van der Waals surface area contributed by atoms with E-state index in [0.29, 0.717) is 16.3 Å². The van der Waals surface area contributed by atoms with Gasteiger partial charge in [-0.3, -0.25) is 4.72 Å². The van der Waals surface area contributed by atoms with E-state index in [2.05, 4.69) is 4.72 Å². The fourth-order valence-corrected chi connectivity index (χ4v) is 3.86. The third-order valence-electron chi connectivity index (χ3n) is 2.99. The Hall–Kier alpha value is -1.57. The molecular weight excluding hydrogens is 346 g/mol. The van der Waals surface area contributed by atoms with Gasteiger partial charge in [0.25, 0.3) is 10.0 Å². The van der Waals surface area contributed by atoms with Gasteiger partial charge in [0, 0.05) is 11.3 Å². The Bertz CT molecular complexity index is 922. The Balaban J connectivity index is 2.45. The molecule has 0 spiro atoms. The van der Waals surface area contributed by atoms with Gasteiger partial charge in [-0.05, 0) is 42.8 Å². The van der Waals surface area contributed by atoms with Gasteiger partial charge in [0.1, 0.15) is 0 Å². The highest BCUT2D eigenvalue weighted by Crippen LogP contribution is 2.24. The van der Waals surface area contributed by atoms with Gasteiger partial charge >= 0.3 is 0 Å². The lowest BCUT2D eigenvalue weighted by Gasteiger charge is -2.11. The van der Waals surface area contributed by atoms with Crippen molar-refractivity contribution in [2.24, 2.45) is 0 Å². The second kappa shape index (κ2) is 5.91. The molecule has 0 fully saturated rings. The molecule has 0 aliphatic carbocycles. The number of aryl methyl sites for hydroxylation is 1. The van der Waals surface area contributed by atoms with Crippen LogP contribution in [0.15, 0.2) is 52.3 Å². The first kappa shape index (κ1) is 16.8. The van der Waals surface area contributed by atoms with E-state index in [1.807, 2.05) is 0 Å². The summed E-state index contributed by atoms with van der Waals surface area (Å²) >= 11 is 5.86. The summed E-state index contributed by atoms with van der Waals surface area (Å²) in [5.74, 6) is 0. The molecule has 5 nitrogen and oxygen atoms in total. The molecule has 0 saturated carbocycles. The standard InChI is InChI=1S/C14H14ClNO4S2/c1-10-6-7-11(15)8-14(10)16-22(19,20)13-5-3-4-12(9-13)21(2,17)18/h3-9,16H,1-2H3. The predicted octanol–water partition coefficient (Wildman–Crippen LogP) is 2.85. The third-order valence-corrected chi connectivity index (χ3v) is 5.70. The maximum Gasteiger partial charge on any atom is 0.261 e. The van der Waals surface area contributed by atoms with Gasteiger partial charge in [-0.15, -0.1) is 0 Å². The maximum absolute atomic E-state index is 12.4. The van der Waals surface area contributed by atoms with E-state index in [0.717, 1.165) is 12.3 Å². The van der Waals surface area contributed by atoms with Crippen molar-refractivity contribution in [2.45, 2.75) is 16.7 Å². The Labute approximate surface area is 134 Å². The highest BCUT2D eigenvalue weighted by molar-refractivity contribution is 7.93. The summed E-state index contributed by atoms with van der Waals surface area (Å²) in [6.07, 6.45) is 1.02. The molecular formula is C14H14ClNO4S2. The molecule has 8 heteroatoms. The van der Waals surface area contributed by atoms with E-state index in [9.17, 15) is 16.8 Å². The van der Waals surface area contributed by atoms with E-state index < -0.39 is 19.9 Å². The van der Waals surface area contributed by atoms with Crippen LogP contribution >= 0.6 is 11.6 Å². The number of sulfone groups is 1. The van der Waals surface area contributed by atoms with Crippen LogP contribution in [0.25, 0.3) is 0 Å². The number of sulfonamides is 1. The molecule has 2 aromatic carbocycles. The summed E-state index contributed by atoms with van der Waals surface area (Å²) in [5, 5.41) is 0.396. The summed E-state index contributed by atoms with van der Waals surface area (Å²) in [7, 11) is -7.40. The Morgan fingerprint density at radius 3 is 2.23 bits per heavy atom. The second-order valence-electron chi connectivity index (χ2n) is 4.81. The first-order chi connectivity index (χ1) is 10.1. The van der Waals surface area contributed by atoms with E-state index in [-0.39, 0.29) is 9.79 Å². The third kappa shape index (κ3) is 3.79. The lowest BCUT2D eigenvalue weighted by molar-refractivity contribution is 0.599. The molecule has 0 heterocycles. The normalized spacial score (nSPS) is 12.1. The quantitative estimate of drug-likeness (QED) is 0.910. The van der Waals surface area contributed by atoms with Crippen molar-refractivity contribution in [3.8, 4) is 0 Å². The van der Waals surface area contributed by atoms with Crippen LogP contribution in [0.3, 0.4) is 0 Å². The van der Waals surface area contributed by atoms with E-state index in [1.165, 1.54) is 24.3 Å². The van der Waals surface area contributed by atoms with Crippen molar-refractivity contribution in [3.63, 3.8) is 0 Å². The molecule has 22 heavy (non-hydrogen) atoms. The van der Waals surface area contributed by atoms with E-state index in [1.54, 1.807) is 19.1 Å². The molecule has 118 valence electrons. The van der Waals surface area contributed by atoms with Crippen LogP contribution in [0.1, 0.15) is 5.56 Å². The van der Waals surface area contributed by atoms with Crippen LogP contribution < -0.4 is 4.72 Å².